The quantitative estimate of drug-likeness (QED) is 0.0412. The van der Waals surface area contributed by atoms with Gasteiger partial charge in [0.05, 0.1) is 55.8 Å². The summed E-state index contributed by atoms with van der Waals surface area (Å²) in [6.07, 6.45) is 1.22. The molecule has 0 aliphatic carbocycles. The molecule has 0 saturated heterocycles. The number of benzene rings is 4. The predicted octanol–water partition coefficient (Wildman–Crippen LogP) is 2.37. The van der Waals surface area contributed by atoms with E-state index in [1.165, 1.54) is 48.8 Å². The van der Waals surface area contributed by atoms with Crippen LogP contribution in [0.25, 0.3) is 0 Å². The first-order valence-corrected chi connectivity index (χ1v) is 21.3. The summed E-state index contributed by atoms with van der Waals surface area (Å²) in [7, 11) is 3.84. The molecule has 0 amide bonds. The van der Waals surface area contributed by atoms with E-state index < -0.39 is 0 Å². The number of likely N-dealkylation sites (N-methyl/N-ethyl adjacent to an activating group) is 1. The minimum atomic E-state index is -0.181. The van der Waals surface area contributed by atoms with Crippen molar-refractivity contribution in [3.63, 3.8) is 0 Å². The Morgan fingerprint density at radius 3 is 1.42 bits per heavy atom. The Morgan fingerprint density at radius 2 is 1.05 bits per heavy atom. The molecule has 2 heterocycles. The van der Waals surface area contributed by atoms with E-state index in [9.17, 15) is 0 Å². The average molecular weight is 939 g/mol. The van der Waals surface area contributed by atoms with Crippen molar-refractivity contribution < 1.29 is 139 Å². The first-order valence-electron chi connectivity index (χ1n) is 18.1. The van der Waals surface area contributed by atoms with Crippen LogP contribution < -0.4 is 118 Å². The molecule has 0 bridgehead atoms. The third kappa shape index (κ3) is 19.0. The minimum Gasteiger partial charge on any atom is -1.00 e. The van der Waals surface area contributed by atoms with E-state index in [-0.39, 0.29) is 116 Å². The van der Waals surface area contributed by atoms with Gasteiger partial charge in [-0.05, 0) is 74.3 Å². The molecule has 2 aliphatic heterocycles. The molecule has 6 rings (SSSR count). The Kier molecular flexibility index (Phi) is 33.8. The van der Waals surface area contributed by atoms with Crippen molar-refractivity contribution in [3.05, 3.63) is 97.1 Å². The molecule has 57 heavy (non-hydrogen) atoms. The molecular weight excluding hydrogens is 881 g/mol. The molecule has 0 aromatic heterocycles. The number of rotatable bonds is 16. The molecule has 0 fully saturated rings. The van der Waals surface area contributed by atoms with Crippen molar-refractivity contribution in [3.8, 4) is 0 Å². The number of ether oxygens (including phenoxy) is 3. The van der Waals surface area contributed by atoms with Gasteiger partial charge in [-0.3, -0.25) is 9.69 Å². The molecule has 4 aromatic rings. The number of methoxy groups -OCH3 is 1. The van der Waals surface area contributed by atoms with E-state index in [0.29, 0.717) is 45.0 Å². The van der Waals surface area contributed by atoms with Crippen molar-refractivity contribution >= 4 is 68.7 Å². The topological polar surface area (TPSA) is 118 Å². The van der Waals surface area contributed by atoms with E-state index in [2.05, 4.69) is 160 Å². The number of hydrogen-bond acceptors (Lipinski definition) is 11. The number of carbonyl (C=O) groups excluding carboxylic acids is 1. The second-order valence-electron chi connectivity index (χ2n) is 12.5. The monoisotopic (exact) mass is 937 g/mol. The van der Waals surface area contributed by atoms with Gasteiger partial charge in [0.15, 0.2) is 0 Å². The molecule has 304 valence electrons. The van der Waals surface area contributed by atoms with Crippen LogP contribution in [0.5, 0.6) is 0 Å². The summed E-state index contributed by atoms with van der Waals surface area (Å²) in [4.78, 5) is 23.9. The zero-order valence-corrected chi connectivity index (χ0v) is 44.3. The van der Waals surface area contributed by atoms with Crippen molar-refractivity contribution in [2.75, 3.05) is 82.5 Å². The molecular formula is C42H58BrK2N3O7S2. The Morgan fingerprint density at radius 1 is 0.702 bits per heavy atom. The number of alkyl halides is 1. The summed E-state index contributed by atoms with van der Waals surface area (Å²) in [5.41, 5.74) is 5.29. The molecule has 4 aromatic carbocycles. The van der Waals surface area contributed by atoms with Crippen LogP contribution in [0.1, 0.15) is 28.6 Å². The molecule has 0 saturated carbocycles. The van der Waals surface area contributed by atoms with Crippen molar-refractivity contribution in [2.45, 2.75) is 52.8 Å². The van der Waals surface area contributed by atoms with Gasteiger partial charge in [-0.25, -0.2) is 0 Å². The number of fused-ring (bicyclic) bond motifs is 4. The van der Waals surface area contributed by atoms with Gasteiger partial charge in [0.1, 0.15) is 0 Å². The Hall–Kier alpha value is 0.163. The SMILES string of the molecule is CBr.CCC(C)CN1c2ccccc2Sc2ccccc21.COCCOCCOCCN(C)C(C)CN1c2ccccc2Sc2ccccc21.O.O=CO[O-].[H-].[K+].[K+]. The minimum absolute atomic E-state index is 0. The van der Waals surface area contributed by atoms with E-state index in [1.807, 2.05) is 29.4 Å². The number of halogens is 1. The van der Waals surface area contributed by atoms with E-state index in [0.717, 1.165) is 19.6 Å². The molecule has 2 unspecified atom stereocenters. The van der Waals surface area contributed by atoms with Crippen LogP contribution in [0.4, 0.5) is 22.7 Å². The van der Waals surface area contributed by atoms with Crippen molar-refractivity contribution in [1.29, 1.82) is 0 Å². The Bertz CT molecular complexity index is 1590. The maximum atomic E-state index is 8.64. The van der Waals surface area contributed by atoms with E-state index in [1.54, 1.807) is 7.11 Å². The van der Waals surface area contributed by atoms with Gasteiger partial charge in [-0.15, -0.1) is 0 Å². The van der Waals surface area contributed by atoms with Gasteiger partial charge >= 0.3 is 103 Å². The summed E-state index contributed by atoms with van der Waals surface area (Å²) in [6.45, 7) is 12.8. The number of para-hydroxylation sites is 4. The number of anilines is 4. The fourth-order valence-corrected chi connectivity index (χ4v) is 7.88. The van der Waals surface area contributed by atoms with Crippen LogP contribution in [0.15, 0.2) is 117 Å². The molecule has 2 atom stereocenters. The van der Waals surface area contributed by atoms with Crippen molar-refractivity contribution in [2.24, 2.45) is 5.92 Å². The van der Waals surface area contributed by atoms with Crippen molar-refractivity contribution in [1.82, 2.24) is 4.90 Å². The largest absolute Gasteiger partial charge is 1.00 e. The fraction of sp³-hybridized carbons (Fsp3) is 0.405. The third-order valence-electron chi connectivity index (χ3n) is 8.89. The smallest absolute Gasteiger partial charge is 1.00 e. The van der Waals surface area contributed by atoms with Crippen LogP contribution in [0.3, 0.4) is 0 Å². The van der Waals surface area contributed by atoms with Crippen LogP contribution in [0, 0.1) is 5.92 Å². The second kappa shape index (κ2) is 33.7. The van der Waals surface area contributed by atoms with E-state index in [4.69, 9.17) is 24.3 Å². The Balaban J connectivity index is 0. The van der Waals surface area contributed by atoms with Gasteiger partial charge in [0, 0.05) is 52.4 Å². The van der Waals surface area contributed by atoms with E-state index >= 15 is 0 Å². The molecule has 0 spiro atoms. The predicted molar refractivity (Wildman–Crippen MR) is 230 cm³/mol. The number of nitrogens with zero attached hydrogens (tertiary/aromatic N) is 3. The maximum Gasteiger partial charge on any atom is 1.00 e. The molecule has 15 heteroatoms. The fourth-order valence-electron chi connectivity index (χ4n) is 5.69. The van der Waals surface area contributed by atoms with Gasteiger partial charge in [-0.2, -0.15) is 0 Å². The van der Waals surface area contributed by atoms with Gasteiger partial charge in [0.25, 0.3) is 6.47 Å². The first-order chi connectivity index (χ1) is 26.4. The van der Waals surface area contributed by atoms with Gasteiger partial charge in [0.2, 0.25) is 0 Å². The first kappa shape index (κ1) is 57.2. The maximum absolute atomic E-state index is 8.64. The Labute approximate surface area is 444 Å². The number of hydrogen-bond donors (Lipinski definition) is 0. The molecule has 2 aliphatic rings. The van der Waals surface area contributed by atoms with Crippen LogP contribution >= 0.6 is 39.5 Å². The number of carbonyl (C=O) groups is 1. The van der Waals surface area contributed by atoms with Crippen LogP contribution in [0.2, 0.25) is 0 Å². The molecule has 2 N–H and O–H groups in total. The van der Waals surface area contributed by atoms with Crippen LogP contribution in [-0.4, -0.2) is 95.5 Å². The van der Waals surface area contributed by atoms with Gasteiger partial charge < -0.3 is 41.1 Å². The zero-order chi connectivity index (χ0) is 39.1. The standard InChI is InChI=1S/C23H32N2O3S.C17H19NS.CH3Br.CH2O3.2K.H2O.H/c1-19(24(2)12-13-27-16-17-28-15-14-26-3)18-25-20-8-4-6-10-22(20)29-23-11-7-5-9-21(23)25;1-3-13(2)12-18-14-8-4-6-10-16(14)19-17-11-7-5-9-15(17)18;1-2;2-1-4-3;;;;/h4-11,19H,12-18H2,1-3H3;4-11,13H,3,12H2,1-2H3;1H3;1,3H;;;1H2;/q;;;;2*+1;;-1/p-1. The summed E-state index contributed by atoms with van der Waals surface area (Å²) >= 11 is 6.67. The summed E-state index contributed by atoms with van der Waals surface area (Å²) in [5.74, 6) is 2.51. The molecule has 10 nitrogen and oxygen atoms in total. The normalized spacial score (nSPS) is 12.5. The third-order valence-corrected chi connectivity index (χ3v) is 11.1. The second-order valence-corrected chi connectivity index (χ2v) is 14.7. The average Bonchev–Trinajstić information content (AvgIpc) is 3.22. The summed E-state index contributed by atoms with van der Waals surface area (Å²) < 4.78 is 16.1. The zero-order valence-electron chi connectivity index (χ0n) is 35.8. The van der Waals surface area contributed by atoms with Crippen LogP contribution in [-0.2, 0) is 23.9 Å². The molecule has 0 radical (unpaired) electrons. The van der Waals surface area contributed by atoms with Gasteiger partial charge in [-0.1, -0.05) is 108 Å². The summed E-state index contributed by atoms with van der Waals surface area (Å²) in [5, 5.41) is 8.43. The summed E-state index contributed by atoms with van der Waals surface area (Å²) in [6, 6.07) is 35.2.